The van der Waals surface area contributed by atoms with E-state index in [9.17, 15) is 25.9 Å². The molecular weight excluding hydrogens is 678 g/mol. The average molecular weight is 737 g/mol. The first-order valence-corrected chi connectivity index (χ1v) is 24.9. The van der Waals surface area contributed by atoms with E-state index in [1.807, 2.05) is 26.0 Å². The molecule has 4 aliphatic rings. The fraction of sp³-hybridized carbons (Fsp3) is 0.684. The van der Waals surface area contributed by atoms with Crippen molar-refractivity contribution >= 4 is 46.7 Å². The normalized spacial score (nSPS) is 21.3. The third-order valence-corrected chi connectivity index (χ3v) is 21.7. The minimum absolute atomic E-state index is 0.0816. The van der Waals surface area contributed by atoms with Crippen molar-refractivity contribution in [2.75, 3.05) is 0 Å². The van der Waals surface area contributed by atoms with Gasteiger partial charge in [-0.25, -0.2) is 16.8 Å². The van der Waals surface area contributed by atoms with Gasteiger partial charge in [0.05, 0.1) is 32.4 Å². The van der Waals surface area contributed by atoms with E-state index in [1.54, 1.807) is 24.3 Å². The molecule has 0 unspecified atom stereocenters. The SMILES string of the molecule is Cc1ccc(S(=O)(=O)[O-])c([PH+](C2CCCCC2)C2CCCCC2)c1.Cc1ccc(S(=O)(=O)[O-])c([PH+](C2CCCCC2)C2CCCCC2)c1. The zero-order valence-corrected chi connectivity index (χ0v) is 32.8. The molecule has 0 aliphatic heterocycles. The number of hydrogen-bond acceptors (Lipinski definition) is 6. The van der Waals surface area contributed by atoms with Crippen LogP contribution in [0.5, 0.6) is 0 Å². The Morgan fingerprint density at radius 2 is 0.708 bits per heavy atom. The molecule has 2 aromatic rings. The smallest absolute Gasteiger partial charge is 0.128 e. The van der Waals surface area contributed by atoms with Gasteiger partial charge in [0.15, 0.2) is 0 Å². The summed E-state index contributed by atoms with van der Waals surface area (Å²) in [5, 5.41) is 1.85. The van der Waals surface area contributed by atoms with E-state index in [1.165, 1.54) is 128 Å². The van der Waals surface area contributed by atoms with Crippen LogP contribution in [0.2, 0.25) is 0 Å². The van der Waals surface area contributed by atoms with Gasteiger partial charge in [0.2, 0.25) is 0 Å². The molecule has 0 aromatic heterocycles. The van der Waals surface area contributed by atoms with E-state index in [4.69, 9.17) is 0 Å². The standard InChI is InChI=1S/2C19H29O3PS/c2*1-15-12-13-19(24(20,21)22)18(14-15)23(16-8-4-2-5-9-16)17-10-6-3-7-11-17/h2*12-14,16-17H,2-11H2,1H3,(H,20,21,22). The average Bonchev–Trinajstić information content (AvgIpc) is 3.06. The molecule has 0 saturated heterocycles. The molecule has 0 spiro atoms. The largest absolute Gasteiger partial charge is 0.744 e. The van der Waals surface area contributed by atoms with Crippen LogP contribution in [0.15, 0.2) is 46.2 Å². The molecule has 268 valence electrons. The molecule has 0 atom stereocenters. The van der Waals surface area contributed by atoms with Crippen LogP contribution in [-0.4, -0.2) is 48.6 Å². The van der Waals surface area contributed by atoms with E-state index in [2.05, 4.69) is 0 Å². The first-order valence-electron chi connectivity index (χ1n) is 18.8. The van der Waals surface area contributed by atoms with Crippen LogP contribution in [-0.2, 0) is 20.2 Å². The highest BCUT2D eigenvalue weighted by molar-refractivity contribution is 7.87. The molecule has 0 heterocycles. The maximum atomic E-state index is 11.9. The Bertz CT molecular complexity index is 1400. The van der Waals surface area contributed by atoms with Crippen LogP contribution in [0.25, 0.3) is 0 Å². The van der Waals surface area contributed by atoms with Gasteiger partial charge in [-0.05, 0) is 152 Å². The van der Waals surface area contributed by atoms with Crippen molar-refractivity contribution in [2.45, 2.75) is 175 Å². The van der Waals surface area contributed by atoms with Gasteiger partial charge in [-0.2, -0.15) is 0 Å². The van der Waals surface area contributed by atoms with Gasteiger partial charge in [-0.3, -0.25) is 0 Å². The molecule has 48 heavy (non-hydrogen) atoms. The second kappa shape index (κ2) is 17.6. The highest BCUT2D eigenvalue weighted by Gasteiger charge is 2.42. The minimum atomic E-state index is -4.40. The second-order valence-corrected chi connectivity index (χ2v) is 24.0. The lowest BCUT2D eigenvalue weighted by Crippen LogP contribution is -2.29. The number of hydrogen-bond donors (Lipinski definition) is 0. The van der Waals surface area contributed by atoms with Gasteiger partial charge in [0.1, 0.15) is 30.8 Å². The summed E-state index contributed by atoms with van der Waals surface area (Å²) in [4.78, 5) is 0.163. The molecule has 0 radical (unpaired) electrons. The maximum absolute atomic E-state index is 11.9. The van der Waals surface area contributed by atoms with Gasteiger partial charge in [0.25, 0.3) is 0 Å². The van der Waals surface area contributed by atoms with Crippen molar-refractivity contribution in [3.05, 3.63) is 47.5 Å². The summed E-state index contributed by atoms with van der Waals surface area (Å²) < 4.78 is 71.4. The Labute approximate surface area is 293 Å². The van der Waals surface area contributed by atoms with Crippen LogP contribution >= 0.6 is 15.8 Å². The summed E-state index contributed by atoms with van der Waals surface area (Å²) in [6.07, 6.45) is 25.1. The highest BCUT2D eigenvalue weighted by atomic mass is 32.2. The van der Waals surface area contributed by atoms with E-state index in [0.717, 1.165) is 21.7 Å². The highest BCUT2D eigenvalue weighted by Crippen LogP contribution is 2.57. The molecule has 4 saturated carbocycles. The predicted molar refractivity (Wildman–Crippen MR) is 202 cm³/mol. The summed E-state index contributed by atoms with van der Waals surface area (Å²) in [5.41, 5.74) is 4.68. The Balaban J connectivity index is 0.000000188. The third-order valence-electron chi connectivity index (χ3n) is 11.6. The van der Waals surface area contributed by atoms with Gasteiger partial charge in [0, 0.05) is 15.8 Å². The van der Waals surface area contributed by atoms with E-state index in [0.29, 0.717) is 22.6 Å². The molecule has 6 rings (SSSR count). The van der Waals surface area contributed by atoms with Crippen LogP contribution in [0.4, 0.5) is 0 Å². The molecule has 0 N–H and O–H groups in total. The van der Waals surface area contributed by atoms with Gasteiger partial charge in [-0.15, -0.1) is 0 Å². The molecule has 0 amide bonds. The Kier molecular flexibility index (Phi) is 14.0. The van der Waals surface area contributed by atoms with Crippen LogP contribution in [0.1, 0.15) is 140 Å². The Hall–Kier alpha value is -0.880. The molecule has 10 heteroatoms. The van der Waals surface area contributed by atoms with E-state index < -0.39 is 36.1 Å². The van der Waals surface area contributed by atoms with Gasteiger partial charge < -0.3 is 9.11 Å². The molecule has 6 nitrogen and oxygen atoms in total. The minimum Gasteiger partial charge on any atom is -0.744 e. The summed E-state index contributed by atoms with van der Waals surface area (Å²) in [6, 6.07) is 10.8. The molecular formula is C38H58O6P2S2. The lowest BCUT2D eigenvalue weighted by Gasteiger charge is -2.33. The number of benzene rings is 2. The summed E-state index contributed by atoms with van der Waals surface area (Å²) in [7, 11) is -10.9. The topological polar surface area (TPSA) is 114 Å². The van der Waals surface area contributed by atoms with E-state index >= 15 is 0 Å². The quantitative estimate of drug-likeness (QED) is 0.198. The lowest BCUT2D eigenvalue weighted by atomic mass is 9.99. The van der Waals surface area contributed by atoms with Crippen LogP contribution in [0.3, 0.4) is 0 Å². The van der Waals surface area contributed by atoms with Gasteiger partial charge >= 0.3 is 0 Å². The fourth-order valence-corrected chi connectivity index (χ4v) is 20.7. The lowest BCUT2D eigenvalue weighted by molar-refractivity contribution is 0.461. The van der Waals surface area contributed by atoms with Crippen molar-refractivity contribution in [1.29, 1.82) is 0 Å². The molecule has 2 aromatic carbocycles. The van der Waals surface area contributed by atoms with E-state index in [-0.39, 0.29) is 9.79 Å². The first-order chi connectivity index (χ1) is 22.9. The molecule has 4 fully saturated rings. The summed E-state index contributed by atoms with van der Waals surface area (Å²) in [5.74, 6) is 0. The predicted octanol–water partition coefficient (Wildman–Crippen LogP) is 8.81. The summed E-state index contributed by atoms with van der Waals surface area (Å²) in [6.45, 7) is 4.01. The zero-order chi connectivity index (χ0) is 34.3. The first kappa shape index (κ1) is 38.4. The number of aryl methyl sites for hydroxylation is 2. The summed E-state index contributed by atoms with van der Waals surface area (Å²) >= 11 is 0. The van der Waals surface area contributed by atoms with Crippen molar-refractivity contribution in [3.63, 3.8) is 0 Å². The van der Waals surface area contributed by atoms with Crippen molar-refractivity contribution < 1.29 is 25.9 Å². The van der Waals surface area contributed by atoms with Crippen molar-refractivity contribution in [1.82, 2.24) is 0 Å². The number of rotatable bonds is 8. The van der Waals surface area contributed by atoms with Crippen molar-refractivity contribution in [2.24, 2.45) is 0 Å². The Morgan fingerprint density at radius 3 is 0.938 bits per heavy atom. The third kappa shape index (κ3) is 10.1. The fourth-order valence-electron chi connectivity index (χ4n) is 9.38. The zero-order valence-electron chi connectivity index (χ0n) is 29.2. The molecule has 4 aliphatic carbocycles. The Morgan fingerprint density at radius 1 is 0.458 bits per heavy atom. The monoisotopic (exact) mass is 736 g/mol. The maximum Gasteiger partial charge on any atom is 0.128 e. The van der Waals surface area contributed by atoms with Crippen molar-refractivity contribution in [3.8, 4) is 0 Å². The molecule has 0 bridgehead atoms. The second-order valence-electron chi connectivity index (χ2n) is 15.2. The van der Waals surface area contributed by atoms with Crippen LogP contribution < -0.4 is 10.6 Å². The van der Waals surface area contributed by atoms with Crippen LogP contribution in [0, 0.1) is 13.8 Å². The van der Waals surface area contributed by atoms with Gasteiger partial charge in [-0.1, -0.05) is 37.8 Å².